The number of anilines is 2. The highest BCUT2D eigenvalue weighted by Gasteiger charge is 2.30. The van der Waals surface area contributed by atoms with Gasteiger partial charge in [0, 0.05) is 16.8 Å². The lowest BCUT2D eigenvalue weighted by Gasteiger charge is -2.23. The van der Waals surface area contributed by atoms with E-state index in [1.165, 1.54) is 5.56 Å². The monoisotopic (exact) mass is 334 g/mol. The topological polar surface area (TPSA) is 32.3 Å². The Morgan fingerprint density at radius 3 is 2.82 bits per heavy atom. The summed E-state index contributed by atoms with van der Waals surface area (Å²) in [7, 11) is 0. The molecule has 0 saturated heterocycles. The summed E-state index contributed by atoms with van der Waals surface area (Å²) < 4.78 is 0. The number of para-hydroxylation sites is 1. The van der Waals surface area contributed by atoms with Crippen LogP contribution in [0.4, 0.5) is 11.4 Å². The number of hydrogen-bond acceptors (Lipinski definition) is 2. The molecule has 1 atom stereocenters. The van der Waals surface area contributed by atoms with E-state index in [-0.39, 0.29) is 18.5 Å². The first-order valence-electron chi connectivity index (χ1n) is 7.15. The lowest BCUT2D eigenvalue weighted by molar-refractivity contribution is -0.117. The van der Waals surface area contributed by atoms with Crippen LogP contribution in [0.3, 0.4) is 0 Å². The Hall–Kier alpha value is -1.71. The summed E-state index contributed by atoms with van der Waals surface area (Å²) >= 11 is 12.0. The van der Waals surface area contributed by atoms with Crippen molar-refractivity contribution in [3.63, 3.8) is 0 Å². The van der Waals surface area contributed by atoms with Crippen LogP contribution in [-0.2, 0) is 11.2 Å². The van der Waals surface area contributed by atoms with Crippen LogP contribution in [0, 0.1) is 0 Å². The second-order valence-corrected chi connectivity index (χ2v) is 6.27. The number of amides is 1. The number of carbonyl (C=O) groups is 1. The zero-order chi connectivity index (χ0) is 15.7. The molecule has 1 aliphatic heterocycles. The van der Waals surface area contributed by atoms with E-state index < -0.39 is 0 Å². The molecule has 2 aromatic carbocycles. The van der Waals surface area contributed by atoms with Crippen LogP contribution in [0.25, 0.3) is 0 Å². The van der Waals surface area contributed by atoms with E-state index in [0.29, 0.717) is 15.7 Å². The fraction of sp³-hybridized carbons (Fsp3) is 0.235. The summed E-state index contributed by atoms with van der Waals surface area (Å²) in [4.78, 5) is 14.4. The summed E-state index contributed by atoms with van der Waals surface area (Å²) in [6.07, 6.45) is 0.892. The minimum Gasteiger partial charge on any atom is -0.375 e. The third kappa shape index (κ3) is 2.92. The lowest BCUT2D eigenvalue weighted by atomic mass is 10.1. The molecule has 0 radical (unpaired) electrons. The molecule has 0 saturated carbocycles. The van der Waals surface area contributed by atoms with Crippen molar-refractivity contribution in [2.45, 2.75) is 19.4 Å². The first-order valence-corrected chi connectivity index (χ1v) is 7.91. The molecule has 1 heterocycles. The number of rotatable bonds is 3. The van der Waals surface area contributed by atoms with Crippen molar-refractivity contribution in [3.05, 3.63) is 58.1 Å². The van der Waals surface area contributed by atoms with Gasteiger partial charge in [-0.1, -0.05) is 41.4 Å². The van der Waals surface area contributed by atoms with Crippen molar-refractivity contribution in [1.29, 1.82) is 0 Å². The van der Waals surface area contributed by atoms with E-state index in [2.05, 4.69) is 18.3 Å². The van der Waals surface area contributed by atoms with Gasteiger partial charge in [0.1, 0.15) is 0 Å². The molecule has 0 bridgehead atoms. The summed E-state index contributed by atoms with van der Waals surface area (Å²) in [5.74, 6) is 0.0310. The summed E-state index contributed by atoms with van der Waals surface area (Å²) in [5.41, 5.74) is 2.93. The zero-order valence-electron chi connectivity index (χ0n) is 12.1. The Balaban J connectivity index is 1.72. The quantitative estimate of drug-likeness (QED) is 0.903. The maximum atomic E-state index is 12.6. The molecular formula is C17H16Cl2N2O. The van der Waals surface area contributed by atoms with Crippen LogP contribution in [-0.4, -0.2) is 18.5 Å². The summed E-state index contributed by atoms with van der Waals surface area (Å²) in [6, 6.07) is 13.4. The van der Waals surface area contributed by atoms with Gasteiger partial charge < -0.3 is 10.2 Å². The van der Waals surface area contributed by atoms with Gasteiger partial charge in [0.05, 0.1) is 17.3 Å². The highest BCUT2D eigenvalue weighted by Crippen LogP contribution is 2.32. The number of hydrogen-bond donors (Lipinski definition) is 1. The standard InChI is InChI=1S/C17H16Cl2N2O/c1-11-8-12-4-2-3-5-16(12)21(11)17(22)10-20-15-7-6-13(18)9-14(15)19/h2-7,9,11,20H,8,10H2,1H3. The normalized spacial score (nSPS) is 16.5. The predicted octanol–water partition coefficient (Wildman–Crippen LogP) is 4.38. The molecule has 1 aliphatic rings. The largest absolute Gasteiger partial charge is 0.375 e. The van der Waals surface area contributed by atoms with E-state index in [4.69, 9.17) is 23.2 Å². The van der Waals surface area contributed by atoms with E-state index in [1.807, 2.05) is 23.1 Å². The fourth-order valence-electron chi connectivity index (χ4n) is 2.83. The van der Waals surface area contributed by atoms with Gasteiger partial charge in [0.25, 0.3) is 0 Å². The predicted molar refractivity (Wildman–Crippen MR) is 92.0 cm³/mol. The van der Waals surface area contributed by atoms with E-state index in [9.17, 15) is 4.79 Å². The first kappa shape index (κ1) is 15.2. The molecule has 0 spiro atoms. The summed E-state index contributed by atoms with van der Waals surface area (Å²) in [5, 5.41) is 4.17. The molecule has 5 heteroatoms. The van der Waals surface area contributed by atoms with Crippen molar-refractivity contribution in [2.24, 2.45) is 0 Å². The first-order chi connectivity index (χ1) is 10.6. The average Bonchev–Trinajstić information content (AvgIpc) is 2.82. The van der Waals surface area contributed by atoms with Gasteiger partial charge in [-0.15, -0.1) is 0 Å². The molecule has 22 heavy (non-hydrogen) atoms. The van der Waals surface area contributed by atoms with Crippen molar-refractivity contribution in [1.82, 2.24) is 0 Å². The van der Waals surface area contributed by atoms with Gasteiger partial charge in [-0.25, -0.2) is 0 Å². The van der Waals surface area contributed by atoms with Crippen LogP contribution < -0.4 is 10.2 Å². The SMILES string of the molecule is CC1Cc2ccccc2N1C(=O)CNc1ccc(Cl)cc1Cl. The second-order valence-electron chi connectivity index (χ2n) is 5.42. The van der Waals surface area contributed by atoms with Gasteiger partial charge in [-0.05, 0) is 43.2 Å². The average molecular weight is 335 g/mol. The molecule has 114 valence electrons. The molecule has 1 unspecified atom stereocenters. The van der Waals surface area contributed by atoms with Crippen molar-refractivity contribution in [3.8, 4) is 0 Å². The molecule has 0 fully saturated rings. The molecular weight excluding hydrogens is 319 g/mol. The lowest BCUT2D eigenvalue weighted by Crippen LogP contribution is -2.39. The minimum atomic E-state index is 0.0310. The van der Waals surface area contributed by atoms with Gasteiger partial charge in [0.15, 0.2) is 0 Å². The molecule has 2 aromatic rings. The maximum absolute atomic E-state index is 12.6. The number of halogens is 2. The third-order valence-electron chi connectivity index (χ3n) is 3.84. The fourth-order valence-corrected chi connectivity index (χ4v) is 3.31. The number of fused-ring (bicyclic) bond motifs is 1. The molecule has 1 amide bonds. The molecule has 3 rings (SSSR count). The maximum Gasteiger partial charge on any atom is 0.246 e. The van der Waals surface area contributed by atoms with Crippen molar-refractivity contribution < 1.29 is 4.79 Å². The van der Waals surface area contributed by atoms with Crippen LogP contribution in [0.15, 0.2) is 42.5 Å². The minimum absolute atomic E-state index is 0.0310. The van der Waals surface area contributed by atoms with Gasteiger partial charge in [-0.3, -0.25) is 4.79 Å². The van der Waals surface area contributed by atoms with Crippen molar-refractivity contribution >= 4 is 40.5 Å². The number of nitrogens with zero attached hydrogens (tertiary/aromatic N) is 1. The number of carbonyl (C=O) groups excluding carboxylic acids is 1. The van der Waals surface area contributed by atoms with Crippen LogP contribution in [0.1, 0.15) is 12.5 Å². The van der Waals surface area contributed by atoms with E-state index in [0.717, 1.165) is 12.1 Å². The Labute approximate surface area is 139 Å². The smallest absolute Gasteiger partial charge is 0.246 e. The van der Waals surface area contributed by atoms with Crippen LogP contribution in [0.5, 0.6) is 0 Å². The van der Waals surface area contributed by atoms with Crippen LogP contribution >= 0.6 is 23.2 Å². The Kier molecular flexibility index (Phi) is 4.27. The number of nitrogens with one attached hydrogen (secondary N) is 1. The summed E-state index contributed by atoms with van der Waals surface area (Å²) in [6.45, 7) is 2.26. The van der Waals surface area contributed by atoms with E-state index in [1.54, 1.807) is 18.2 Å². The molecule has 0 aromatic heterocycles. The molecule has 3 nitrogen and oxygen atoms in total. The van der Waals surface area contributed by atoms with E-state index >= 15 is 0 Å². The Bertz CT molecular complexity index is 718. The number of benzene rings is 2. The highest BCUT2D eigenvalue weighted by molar-refractivity contribution is 6.36. The Morgan fingerprint density at radius 2 is 2.05 bits per heavy atom. The Morgan fingerprint density at radius 1 is 1.27 bits per heavy atom. The van der Waals surface area contributed by atoms with Crippen molar-refractivity contribution in [2.75, 3.05) is 16.8 Å². The van der Waals surface area contributed by atoms with Crippen LogP contribution in [0.2, 0.25) is 10.0 Å². The van der Waals surface area contributed by atoms with Gasteiger partial charge in [0.2, 0.25) is 5.91 Å². The zero-order valence-corrected chi connectivity index (χ0v) is 13.7. The third-order valence-corrected chi connectivity index (χ3v) is 4.38. The van der Waals surface area contributed by atoms with Gasteiger partial charge >= 0.3 is 0 Å². The molecule has 1 N–H and O–H groups in total. The molecule has 0 aliphatic carbocycles. The highest BCUT2D eigenvalue weighted by atomic mass is 35.5. The van der Waals surface area contributed by atoms with Gasteiger partial charge in [-0.2, -0.15) is 0 Å². The second kappa shape index (κ2) is 6.19.